The third-order valence-corrected chi connectivity index (χ3v) is 5.62. The number of nitrogens with one attached hydrogen (secondary N) is 1. The molecular weight excluding hydrogens is 415 g/mol. The molecule has 2 rings (SSSR count). The first-order valence-corrected chi connectivity index (χ1v) is 10.6. The molecule has 29 heavy (non-hydrogen) atoms. The molecule has 1 aromatic rings. The molecule has 0 unspecified atom stereocenters. The van der Waals surface area contributed by atoms with Crippen molar-refractivity contribution in [1.82, 2.24) is 10.2 Å². The maximum absolute atomic E-state index is 13.8. The number of carbonyl (C=O) groups is 3. The quantitative estimate of drug-likeness (QED) is 0.312. The number of thiocarbonyl (C=S) groups is 1. The number of thioether (sulfide) groups is 1. The highest BCUT2D eigenvalue weighted by Crippen LogP contribution is 2.33. The fourth-order valence-corrected chi connectivity index (χ4v) is 4.02. The van der Waals surface area contributed by atoms with Crippen molar-refractivity contribution in [1.29, 1.82) is 0 Å². The lowest BCUT2D eigenvalue weighted by molar-refractivity contribution is -0.137. The van der Waals surface area contributed by atoms with Crippen LogP contribution < -0.4 is 5.32 Å². The van der Waals surface area contributed by atoms with E-state index in [0.29, 0.717) is 40.7 Å². The number of halogens is 1. The van der Waals surface area contributed by atoms with Crippen LogP contribution in [-0.4, -0.2) is 45.2 Å². The van der Waals surface area contributed by atoms with Crippen molar-refractivity contribution in [2.45, 2.75) is 38.5 Å². The number of carboxylic acids is 1. The van der Waals surface area contributed by atoms with Gasteiger partial charge >= 0.3 is 5.97 Å². The Bertz CT molecular complexity index is 813. The van der Waals surface area contributed by atoms with Crippen LogP contribution in [0.15, 0.2) is 29.2 Å². The SMILES string of the molecule is O=C(O)CCCCCNC(=O)CCCN1C(=O)/C(=C/c2ccccc2F)SC1=S. The first-order valence-electron chi connectivity index (χ1n) is 9.37. The van der Waals surface area contributed by atoms with Crippen molar-refractivity contribution in [2.75, 3.05) is 13.1 Å². The number of unbranched alkanes of at least 4 members (excludes halogenated alkanes) is 2. The number of amides is 2. The molecule has 1 aliphatic rings. The van der Waals surface area contributed by atoms with Crippen LogP contribution in [0, 0.1) is 5.82 Å². The summed E-state index contributed by atoms with van der Waals surface area (Å²) >= 11 is 6.37. The van der Waals surface area contributed by atoms with Crippen molar-refractivity contribution in [3.8, 4) is 0 Å². The first-order chi connectivity index (χ1) is 13.9. The second-order valence-electron chi connectivity index (χ2n) is 6.51. The lowest BCUT2D eigenvalue weighted by atomic mass is 10.2. The average molecular weight is 439 g/mol. The molecule has 0 radical (unpaired) electrons. The molecule has 2 amide bonds. The Morgan fingerprint density at radius 3 is 2.66 bits per heavy atom. The fourth-order valence-electron chi connectivity index (χ4n) is 2.72. The van der Waals surface area contributed by atoms with Crippen molar-refractivity contribution < 1.29 is 23.9 Å². The Morgan fingerprint density at radius 2 is 1.93 bits per heavy atom. The fraction of sp³-hybridized carbons (Fsp3) is 0.400. The Balaban J connectivity index is 1.72. The highest BCUT2D eigenvalue weighted by atomic mass is 32.2. The summed E-state index contributed by atoms with van der Waals surface area (Å²) in [6.45, 7) is 0.830. The Kier molecular flexibility index (Phi) is 9.27. The summed E-state index contributed by atoms with van der Waals surface area (Å²) in [4.78, 5) is 36.6. The molecular formula is C20H23FN2O4S2. The molecule has 1 aliphatic heterocycles. The van der Waals surface area contributed by atoms with Gasteiger partial charge in [-0.05, 0) is 31.4 Å². The first kappa shape index (κ1) is 23.0. The smallest absolute Gasteiger partial charge is 0.303 e. The van der Waals surface area contributed by atoms with Crippen LogP contribution in [0.4, 0.5) is 4.39 Å². The molecule has 0 bridgehead atoms. The van der Waals surface area contributed by atoms with Crippen LogP contribution in [0.25, 0.3) is 6.08 Å². The summed E-state index contributed by atoms with van der Waals surface area (Å²) in [5.41, 5.74) is 0.329. The lowest BCUT2D eigenvalue weighted by Gasteiger charge is -2.14. The molecule has 156 valence electrons. The Morgan fingerprint density at radius 1 is 1.17 bits per heavy atom. The van der Waals surface area contributed by atoms with Gasteiger partial charge in [-0.25, -0.2) is 4.39 Å². The van der Waals surface area contributed by atoms with Crippen LogP contribution in [-0.2, 0) is 14.4 Å². The summed E-state index contributed by atoms with van der Waals surface area (Å²) < 4.78 is 14.2. The molecule has 1 saturated heterocycles. The van der Waals surface area contributed by atoms with Gasteiger partial charge in [0.15, 0.2) is 0 Å². The molecule has 0 spiro atoms. The van der Waals surface area contributed by atoms with Crippen LogP contribution in [0.1, 0.15) is 44.1 Å². The lowest BCUT2D eigenvalue weighted by Crippen LogP contribution is -2.31. The number of aliphatic carboxylic acids is 1. The van der Waals surface area contributed by atoms with E-state index in [1.54, 1.807) is 18.2 Å². The monoisotopic (exact) mass is 438 g/mol. The molecule has 1 aromatic carbocycles. The summed E-state index contributed by atoms with van der Waals surface area (Å²) in [5, 5.41) is 11.3. The summed E-state index contributed by atoms with van der Waals surface area (Å²) in [5.74, 6) is -1.61. The number of carbonyl (C=O) groups excluding carboxylic acids is 2. The summed E-state index contributed by atoms with van der Waals surface area (Å²) in [6, 6.07) is 6.20. The van der Waals surface area contributed by atoms with E-state index in [2.05, 4.69) is 5.32 Å². The highest BCUT2D eigenvalue weighted by Gasteiger charge is 2.31. The van der Waals surface area contributed by atoms with E-state index in [1.165, 1.54) is 17.0 Å². The van der Waals surface area contributed by atoms with Gasteiger partial charge in [-0.15, -0.1) is 0 Å². The number of rotatable bonds is 11. The van der Waals surface area contributed by atoms with Crippen LogP contribution in [0.3, 0.4) is 0 Å². The molecule has 9 heteroatoms. The van der Waals surface area contributed by atoms with E-state index in [-0.39, 0.29) is 24.7 Å². The number of benzene rings is 1. The molecule has 2 N–H and O–H groups in total. The number of hydrogen-bond acceptors (Lipinski definition) is 5. The van der Waals surface area contributed by atoms with E-state index in [0.717, 1.165) is 24.6 Å². The number of hydrogen-bond donors (Lipinski definition) is 2. The standard InChI is InChI=1S/C20H23FN2O4S2/c21-15-8-4-3-7-14(15)13-16-19(27)23(20(28)29-16)12-6-9-17(24)22-11-5-1-2-10-18(25)26/h3-4,7-8,13H,1-2,5-6,9-12H2,(H,22,24)(H,25,26)/b16-13-. The minimum Gasteiger partial charge on any atom is -0.481 e. The topological polar surface area (TPSA) is 86.7 Å². The van der Waals surface area contributed by atoms with Crippen molar-refractivity contribution in [3.63, 3.8) is 0 Å². The maximum atomic E-state index is 13.8. The molecule has 1 heterocycles. The molecule has 0 saturated carbocycles. The van der Waals surface area contributed by atoms with E-state index in [9.17, 15) is 18.8 Å². The predicted molar refractivity (Wildman–Crippen MR) is 115 cm³/mol. The van der Waals surface area contributed by atoms with Gasteiger partial charge in [-0.2, -0.15) is 0 Å². The van der Waals surface area contributed by atoms with Crippen LogP contribution >= 0.6 is 24.0 Å². The van der Waals surface area contributed by atoms with Gasteiger partial charge in [0.05, 0.1) is 4.91 Å². The van der Waals surface area contributed by atoms with Crippen molar-refractivity contribution >= 4 is 52.2 Å². The van der Waals surface area contributed by atoms with E-state index < -0.39 is 11.8 Å². The molecule has 0 aromatic heterocycles. The van der Waals surface area contributed by atoms with E-state index >= 15 is 0 Å². The minimum absolute atomic E-state index is 0.115. The minimum atomic E-state index is -0.812. The van der Waals surface area contributed by atoms with Gasteiger partial charge in [-0.3, -0.25) is 19.3 Å². The predicted octanol–water partition coefficient (Wildman–Crippen LogP) is 3.57. The van der Waals surface area contributed by atoms with E-state index in [1.807, 2.05) is 0 Å². The van der Waals surface area contributed by atoms with Gasteiger partial charge in [0.2, 0.25) is 5.91 Å². The van der Waals surface area contributed by atoms with Gasteiger partial charge in [0.25, 0.3) is 5.91 Å². The third-order valence-electron chi connectivity index (χ3n) is 4.24. The molecule has 0 atom stereocenters. The number of nitrogens with zero attached hydrogens (tertiary/aromatic N) is 1. The normalized spacial score (nSPS) is 15.2. The second kappa shape index (κ2) is 11.7. The van der Waals surface area contributed by atoms with Gasteiger partial charge in [0, 0.05) is 31.5 Å². The second-order valence-corrected chi connectivity index (χ2v) is 8.19. The van der Waals surface area contributed by atoms with Crippen molar-refractivity contribution in [2.24, 2.45) is 0 Å². The van der Waals surface area contributed by atoms with Crippen LogP contribution in [0.2, 0.25) is 0 Å². The molecule has 0 aliphatic carbocycles. The van der Waals surface area contributed by atoms with Crippen molar-refractivity contribution in [3.05, 3.63) is 40.6 Å². The summed E-state index contributed by atoms with van der Waals surface area (Å²) in [6.07, 6.45) is 4.43. The van der Waals surface area contributed by atoms with Crippen LogP contribution in [0.5, 0.6) is 0 Å². The van der Waals surface area contributed by atoms with Gasteiger partial charge < -0.3 is 10.4 Å². The molecule has 1 fully saturated rings. The zero-order chi connectivity index (χ0) is 21.2. The highest BCUT2D eigenvalue weighted by molar-refractivity contribution is 8.26. The summed E-state index contributed by atoms with van der Waals surface area (Å²) in [7, 11) is 0. The zero-order valence-corrected chi connectivity index (χ0v) is 17.5. The number of carboxylic acid groups (broad SMARTS) is 1. The Hall–Kier alpha value is -2.26. The van der Waals surface area contributed by atoms with Gasteiger partial charge in [0.1, 0.15) is 10.1 Å². The van der Waals surface area contributed by atoms with Gasteiger partial charge in [-0.1, -0.05) is 48.6 Å². The zero-order valence-electron chi connectivity index (χ0n) is 15.9. The maximum Gasteiger partial charge on any atom is 0.303 e. The third kappa shape index (κ3) is 7.58. The van der Waals surface area contributed by atoms with E-state index in [4.69, 9.17) is 17.3 Å². The largest absolute Gasteiger partial charge is 0.481 e. The average Bonchev–Trinajstić information content (AvgIpc) is 2.93. The Labute approximate surface area is 178 Å². The molecule has 6 nitrogen and oxygen atoms in total.